The van der Waals surface area contributed by atoms with Gasteiger partial charge in [-0.3, -0.25) is 4.79 Å². The number of rotatable bonds is 2. The quantitative estimate of drug-likeness (QED) is 0.750. The van der Waals surface area contributed by atoms with E-state index >= 15 is 0 Å². The summed E-state index contributed by atoms with van der Waals surface area (Å²) in [6.45, 7) is 5.01. The lowest BCUT2D eigenvalue weighted by molar-refractivity contribution is -0.136. The topological polar surface area (TPSA) is 40.5 Å². The first kappa shape index (κ1) is 10.9. The van der Waals surface area contributed by atoms with Crippen molar-refractivity contribution in [2.75, 3.05) is 13.2 Å². The van der Waals surface area contributed by atoms with Crippen LogP contribution < -0.4 is 0 Å². The number of aliphatic hydroxyl groups excluding tert-OH is 1. The molecule has 15 heavy (non-hydrogen) atoms. The molecule has 0 aromatic heterocycles. The number of carbonyl (C=O) groups excluding carboxylic acids is 1. The van der Waals surface area contributed by atoms with E-state index in [2.05, 4.69) is 0 Å². The summed E-state index contributed by atoms with van der Waals surface area (Å²) in [4.78, 5) is 14.0. The second-order valence-corrected chi connectivity index (χ2v) is 5.36. The van der Waals surface area contributed by atoms with Gasteiger partial charge in [-0.1, -0.05) is 20.3 Å². The lowest BCUT2D eigenvalue weighted by Gasteiger charge is -2.31. The Hall–Kier alpha value is -0.570. The van der Waals surface area contributed by atoms with Crippen LogP contribution >= 0.6 is 0 Å². The Kier molecular flexibility index (Phi) is 2.75. The van der Waals surface area contributed by atoms with Crippen molar-refractivity contribution in [3.63, 3.8) is 0 Å². The predicted octanol–water partition coefficient (Wildman–Crippen LogP) is 1.41. The normalized spacial score (nSPS) is 34.9. The van der Waals surface area contributed by atoms with E-state index in [0.717, 1.165) is 32.2 Å². The number of fused-ring (bicyclic) bond motifs is 1. The van der Waals surface area contributed by atoms with Crippen LogP contribution in [0, 0.1) is 11.3 Å². The van der Waals surface area contributed by atoms with Gasteiger partial charge in [-0.05, 0) is 19.3 Å². The molecule has 2 atom stereocenters. The molecule has 1 saturated heterocycles. The van der Waals surface area contributed by atoms with E-state index in [1.807, 2.05) is 18.7 Å². The van der Waals surface area contributed by atoms with Gasteiger partial charge >= 0.3 is 0 Å². The van der Waals surface area contributed by atoms with Crippen molar-refractivity contribution in [2.45, 2.75) is 45.6 Å². The van der Waals surface area contributed by atoms with Gasteiger partial charge in [-0.25, -0.2) is 0 Å². The fourth-order valence-corrected chi connectivity index (χ4v) is 3.26. The molecule has 1 saturated carbocycles. The van der Waals surface area contributed by atoms with E-state index in [0.29, 0.717) is 6.04 Å². The molecule has 1 heterocycles. The molecule has 1 aliphatic heterocycles. The van der Waals surface area contributed by atoms with E-state index in [1.165, 1.54) is 0 Å². The van der Waals surface area contributed by atoms with Gasteiger partial charge in [0.15, 0.2) is 0 Å². The summed E-state index contributed by atoms with van der Waals surface area (Å²) in [7, 11) is 0. The van der Waals surface area contributed by atoms with Crippen LogP contribution in [0.1, 0.15) is 39.5 Å². The van der Waals surface area contributed by atoms with Gasteiger partial charge in [0, 0.05) is 23.9 Å². The van der Waals surface area contributed by atoms with Gasteiger partial charge in [0.05, 0.1) is 6.61 Å². The fourth-order valence-electron chi connectivity index (χ4n) is 3.26. The van der Waals surface area contributed by atoms with Crippen molar-refractivity contribution < 1.29 is 9.90 Å². The lowest BCUT2D eigenvalue weighted by Crippen LogP contribution is -2.42. The van der Waals surface area contributed by atoms with Gasteiger partial charge in [0.1, 0.15) is 0 Å². The third-order valence-corrected chi connectivity index (χ3v) is 4.18. The minimum atomic E-state index is 0.0462. The van der Waals surface area contributed by atoms with Crippen molar-refractivity contribution >= 4 is 5.91 Å². The number of carbonyl (C=O) groups is 1. The number of hydrogen-bond acceptors (Lipinski definition) is 2. The molecule has 86 valence electrons. The largest absolute Gasteiger partial charge is 0.396 e. The second kappa shape index (κ2) is 3.78. The Morgan fingerprint density at radius 1 is 1.53 bits per heavy atom. The summed E-state index contributed by atoms with van der Waals surface area (Å²) >= 11 is 0. The highest BCUT2D eigenvalue weighted by Crippen LogP contribution is 2.48. The Labute approximate surface area is 91.5 Å². The Balaban J connectivity index is 2.15. The molecule has 0 spiro atoms. The number of hydrogen-bond donors (Lipinski definition) is 1. The molecule has 0 aromatic rings. The molecular weight excluding hydrogens is 190 g/mol. The number of nitrogens with zero attached hydrogens (tertiary/aromatic N) is 1. The zero-order chi connectivity index (χ0) is 11.1. The van der Waals surface area contributed by atoms with Gasteiger partial charge in [0.2, 0.25) is 5.91 Å². The second-order valence-electron chi connectivity index (χ2n) is 5.36. The van der Waals surface area contributed by atoms with Gasteiger partial charge < -0.3 is 10.0 Å². The molecule has 0 bridgehead atoms. The minimum Gasteiger partial charge on any atom is -0.396 e. The highest BCUT2D eigenvalue weighted by molar-refractivity contribution is 5.79. The molecule has 0 aromatic carbocycles. The van der Waals surface area contributed by atoms with E-state index in [-0.39, 0.29) is 23.8 Å². The van der Waals surface area contributed by atoms with Crippen molar-refractivity contribution in [1.82, 2.24) is 4.90 Å². The molecule has 0 radical (unpaired) electrons. The maximum Gasteiger partial charge on any atom is 0.225 e. The zero-order valence-corrected chi connectivity index (χ0v) is 9.70. The third kappa shape index (κ3) is 1.57. The monoisotopic (exact) mass is 211 g/mol. The molecular formula is C12H21NO2. The first-order valence-corrected chi connectivity index (χ1v) is 6.02. The maximum atomic E-state index is 12.0. The standard InChI is InChI=1S/C12H21NO2/c1-9(2)11(15)13-7-6-12(8-14)5-3-4-10(12)13/h9-10,14H,3-8H2,1-2H3/t10-,12-/m1/s1. The van der Waals surface area contributed by atoms with Crippen LogP contribution in [0.15, 0.2) is 0 Å². The molecule has 3 heteroatoms. The van der Waals surface area contributed by atoms with Crippen molar-refractivity contribution in [1.29, 1.82) is 0 Å². The zero-order valence-electron chi connectivity index (χ0n) is 9.70. The molecule has 1 amide bonds. The molecule has 3 nitrogen and oxygen atoms in total. The summed E-state index contributed by atoms with van der Waals surface area (Å²) < 4.78 is 0. The van der Waals surface area contributed by atoms with Gasteiger partial charge in [0.25, 0.3) is 0 Å². The Bertz CT molecular complexity index is 264. The average molecular weight is 211 g/mol. The first-order valence-electron chi connectivity index (χ1n) is 6.02. The predicted molar refractivity (Wildman–Crippen MR) is 58.3 cm³/mol. The smallest absolute Gasteiger partial charge is 0.225 e. The number of aliphatic hydroxyl groups is 1. The van der Waals surface area contributed by atoms with Gasteiger partial charge in [-0.15, -0.1) is 0 Å². The average Bonchev–Trinajstić information content (AvgIpc) is 2.74. The van der Waals surface area contributed by atoms with Crippen LogP contribution in [-0.2, 0) is 4.79 Å². The van der Waals surface area contributed by atoms with Crippen LogP contribution in [0.3, 0.4) is 0 Å². The summed E-state index contributed by atoms with van der Waals surface area (Å²) in [5, 5.41) is 9.53. The molecule has 2 rings (SSSR count). The molecule has 1 aliphatic carbocycles. The van der Waals surface area contributed by atoms with Crippen molar-refractivity contribution in [3.05, 3.63) is 0 Å². The van der Waals surface area contributed by atoms with Crippen LogP contribution in [0.4, 0.5) is 0 Å². The van der Waals surface area contributed by atoms with Crippen LogP contribution in [0.2, 0.25) is 0 Å². The van der Waals surface area contributed by atoms with Crippen LogP contribution in [-0.4, -0.2) is 35.1 Å². The molecule has 1 N–H and O–H groups in total. The van der Waals surface area contributed by atoms with E-state index in [9.17, 15) is 9.90 Å². The minimum absolute atomic E-state index is 0.0462. The van der Waals surface area contributed by atoms with E-state index in [1.54, 1.807) is 0 Å². The third-order valence-electron chi connectivity index (χ3n) is 4.18. The first-order chi connectivity index (χ1) is 7.10. The highest BCUT2D eigenvalue weighted by Gasteiger charge is 2.51. The maximum absolute atomic E-state index is 12.0. The van der Waals surface area contributed by atoms with E-state index in [4.69, 9.17) is 0 Å². The number of amides is 1. The van der Waals surface area contributed by atoms with Crippen molar-refractivity contribution in [2.24, 2.45) is 11.3 Å². The Morgan fingerprint density at radius 3 is 2.87 bits per heavy atom. The van der Waals surface area contributed by atoms with Gasteiger partial charge in [-0.2, -0.15) is 0 Å². The summed E-state index contributed by atoms with van der Waals surface area (Å²) in [6.07, 6.45) is 4.33. The van der Waals surface area contributed by atoms with Crippen LogP contribution in [0.25, 0.3) is 0 Å². The number of likely N-dealkylation sites (tertiary alicyclic amines) is 1. The van der Waals surface area contributed by atoms with Crippen molar-refractivity contribution in [3.8, 4) is 0 Å². The lowest BCUT2D eigenvalue weighted by atomic mass is 9.83. The molecule has 2 aliphatic rings. The Morgan fingerprint density at radius 2 is 2.27 bits per heavy atom. The van der Waals surface area contributed by atoms with E-state index < -0.39 is 0 Å². The summed E-state index contributed by atoms with van der Waals surface area (Å²) in [5.74, 6) is 0.345. The highest BCUT2D eigenvalue weighted by atomic mass is 16.3. The molecule has 2 fully saturated rings. The summed E-state index contributed by atoms with van der Waals surface area (Å²) in [6, 6.07) is 0.317. The fraction of sp³-hybridized carbons (Fsp3) is 0.917. The summed E-state index contributed by atoms with van der Waals surface area (Å²) in [5.41, 5.74) is 0.0462. The molecule has 0 unspecified atom stereocenters. The van der Waals surface area contributed by atoms with Crippen LogP contribution in [0.5, 0.6) is 0 Å². The SMILES string of the molecule is CC(C)C(=O)N1CC[C@@]2(CO)CCC[C@@H]12.